The number of guanidine groups is 1. The highest BCUT2D eigenvalue weighted by molar-refractivity contribution is 14.0. The summed E-state index contributed by atoms with van der Waals surface area (Å²) < 4.78 is 10.7. The monoisotopic (exact) mass is 567 g/mol. The first kappa shape index (κ1) is 27.2. The molecule has 0 spiro atoms. The fourth-order valence-electron chi connectivity index (χ4n) is 3.79. The molecule has 1 aliphatic rings. The van der Waals surface area contributed by atoms with Crippen LogP contribution in [0.3, 0.4) is 0 Å². The zero-order chi connectivity index (χ0) is 22.8. The third-order valence-corrected chi connectivity index (χ3v) is 5.86. The van der Waals surface area contributed by atoms with Gasteiger partial charge < -0.3 is 25.0 Å². The van der Waals surface area contributed by atoms with Crippen LogP contribution in [-0.4, -0.2) is 76.8 Å². The molecule has 2 aromatic carbocycles. The number of nitrogens with one attached hydrogen (secondary N) is 2. The van der Waals surface area contributed by atoms with Crippen molar-refractivity contribution in [2.45, 2.75) is 19.5 Å². The van der Waals surface area contributed by atoms with Crippen molar-refractivity contribution in [2.24, 2.45) is 4.99 Å². The van der Waals surface area contributed by atoms with Gasteiger partial charge >= 0.3 is 0 Å². The summed E-state index contributed by atoms with van der Waals surface area (Å²) in [4.78, 5) is 9.25. The average molecular weight is 568 g/mol. The Kier molecular flexibility index (Phi) is 11.8. The lowest BCUT2D eigenvalue weighted by atomic mass is 10.1. The summed E-state index contributed by atoms with van der Waals surface area (Å²) in [5.41, 5.74) is 3.80. The van der Waals surface area contributed by atoms with Crippen molar-refractivity contribution in [1.82, 2.24) is 20.4 Å². The van der Waals surface area contributed by atoms with E-state index in [1.54, 1.807) is 21.3 Å². The zero-order valence-corrected chi connectivity index (χ0v) is 22.6. The molecule has 1 saturated heterocycles. The molecule has 3 rings (SSSR count). The van der Waals surface area contributed by atoms with E-state index in [4.69, 9.17) is 9.47 Å². The molecule has 1 heterocycles. The van der Waals surface area contributed by atoms with Crippen molar-refractivity contribution in [3.63, 3.8) is 0 Å². The van der Waals surface area contributed by atoms with Gasteiger partial charge in [0.15, 0.2) is 17.5 Å². The smallest absolute Gasteiger partial charge is 0.191 e. The second kappa shape index (κ2) is 14.3. The molecule has 8 heteroatoms. The molecule has 0 atom stereocenters. The number of hydrogen-bond donors (Lipinski definition) is 2. The van der Waals surface area contributed by atoms with Crippen LogP contribution >= 0.6 is 24.0 Å². The Morgan fingerprint density at radius 2 is 1.52 bits per heavy atom. The third-order valence-electron chi connectivity index (χ3n) is 5.86. The number of hydrogen-bond acceptors (Lipinski definition) is 5. The van der Waals surface area contributed by atoms with Crippen LogP contribution in [0.15, 0.2) is 47.5 Å². The highest BCUT2D eigenvalue weighted by Crippen LogP contribution is 2.27. The first-order chi connectivity index (χ1) is 15.6. The predicted molar refractivity (Wildman–Crippen MR) is 146 cm³/mol. The first-order valence-electron chi connectivity index (χ1n) is 11.3. The van der Waals surface area contributed by atoms with Gasteiger partial charge in [-0.05, 0) is 42.3 Å². The lowest BCUT2D eigenvalue weighted by Gasteiger charge is -2.32. The number of aliphatic imine (C=N–C) groups is 1. The lowest BCUT2D eigenvalue weighted by Crippen LogP contribution is -2.43. The molecule has 0 amide bonds. The Balaban J connectivity index is 0.00000385. The maximum absolute atomic E-state index is 5.38. The second-order valence-corrected chi connectivity index (χ2v) is 8.19. The van der Waals surface area contributed by atoms with E-state index < -0.39 is 0 Å². The maximum Gasteiger partial charge on any atom is 0.191 e. The molecule has 0 bridgehead atoms. The Morgan fingerprint density at radius 1 is 0.879 bits per heavy atom. The summed E-state index contributed by atoms with van der Waals surface area (Å²) in [5.74, 6) is 2.30. The van der Waals surface area contributed by atoms with E-state index in [1.807, 2.05) is 12.1 Å². The lowest BCUT2D eigenvalue weighted by molar-refractivity contribution is 0.148. The molecule has 2 aromatic rings. The van der Waals surface area contributed by atoms with Crippen molar-refractivity contribution in [1.29, 1.82) is 0 Å². The van der Waals surface area contributed by atoms with Gasteiger partial charge in [-0.25, -0.2) is 0 Å². The molecular weight excluding hydrogens is 529 g/mol. The van der Waals surface area contributed by atoms with Gasteiger partial charge in [-0.15, -0.1) is 24.0 Å². The van der Waals surface area contributed by atoms with Crippen molar-refractivity contribution < 1.29 is 9.47 Å². The van der Waals surface area contributed by atoms with E-state index in [1.165, 1.54) is 16.7 Å². The van der Waals surface area contributed by atoms with E-state index in [9.17, 15) is 0 Å². The van der Waals surface area contributed by atoms with Crippen LogP contribution in [0.5, 0.6) is 11.5 Å². The normalized spacial score (nSPS) is 15.0. The van der Waals surface area contributed by atoms with Gasteiger partial charge in [0.05, 0.1) is 14.2 Å². The van der Waals surface area contributed by atoms with Gasteiger partial charge in [-0.2, -0.15) is 0 Å². The second-order valence-electron chi connectivity index (χ2n) is 8.19. The van der Waals surface area contributed by atoms with Crippen LogP contribution in [0.4, 0.5) is 0 Å². The van der Waals surface area contributed by atoms with Crippen molar-refractivity contribution in [3.8, 4) is 11.5 Å². The van der Waals surface area contributed by atoms with Crippen LogP contribution in [0, 0.1) is 0 Å². The summed E-state index contributed by atoms with van der Waals surface area (Å²) in [6.07, 6.45) is 0.863. The third kappa shape index (κ3) is 8.68. The Labute approximate surface area is 215 Å². The van der Waals surface area contributed by atoms with Crippen LogP contribution in [0.1, 0.15) is 16.7 Å². The molecule has 0 unspecified atom stereocenters. The minimum atomic E-state index is 0. The van der Waals surface area contributed by atoms with Crippen LogP contribution in [0.25, 0.3) is 0 Å². The van der Waals surface area contributed by atoms with Crippen LogP contribution < -0.4 is 20.1 Å². The van der Waals surface area contributed by atoms with E-state index in [0.29, 0.717) is 0 Å². The summed E-state index contributed by atoms with van der Waals surface area (Å²) in [7, 11) is 7.30. The summed E-state index contributed by atoms with van der Waals surface area (Å²) in [5, 5.41) is 6.78. The van der Waals surface area contributed by atoms with Crippen LogP contribution in [-0.2, 0) is 19.5 Å². The number of nitrogens with zero attached hydrogens (tertiary/aromatic N) is 3. The number of piperazine rings is 1. The summed E-state index contributed by atoms with van der Waals surface area (Å²) >= 11 is 0. The van der Waals surface area contributed by atoms with E-state index in [2.05, 4.69) is 62.8 Å². The highest BCUT2D eigenvalue weighted by atomic mass is 127. The topological polar surface area (TPSA) is 61.4 Å². The fraction of sp³-hybridized carbons (Fsp3) is 0.480. The molecule has 7 nitrogen and oxygen atoms in total. The highest BCUT2D eigenvalue weighted by Gasteiger charge is 2.13. The Morgan fingerprint density at radius 3 is 2.15 bits per heavy atom. The van der Waals surface area contributed by atoms with Gasteiger partial charge in [-0.1, -0.05) is 30.3 Å². The predicted octanol–water partition coefficient (Wildman–Crippen LogP) is 2.98. The standard InChI is InChI=1S/C25H37N5O2.HI/c1-26-25(27-12-11-20-9-10-23(31-3)24(17-20)32-4)28-18-21-5-7-22(8-6-21)19-30-15-13-29(2)14-16-30;/h5-10,17H,11-16,18-19H2,1-4H3,(H2,26,27,28);1H. The fourth-order valence-corrected chi connectivity index (χ4v) is 3.79. The summed E-state index contributed by atoms with van der Waals surface area (Å²) in [6, 6.07) is 14.9. The molecular formula is C25H38IN5O2. The number of methoxy groups -OCH3 is 2. The van der Waals surface area contributed by atoms with Gasteiger partial charge in [0, 0.05) is 52.9 Å². The number of rotatable bonds is 9. The SMILES string of the molecule is CN=C(NCCc1ccc(OC)c(OC)c1)NCc1ccc(CN2CCN(C)CC2)cc1.I. The van der Waals surface area contributed by atoms with E-state index >= 15 is 0 Å². The van der Waals surface area contributed by atoms with Gasteiger partial charge in [-0.3, -0.25) is 9.89 Å². The molecule has 2 N–H and O–H groups in total. The van der Waals surface area contributed by atoms with Gasteiger partial charge in [0.2, 0.25) is 0 Å². The largest absolute Gasteiger partial charge is 0.493 e. The van der Waals surface area contributed by atoms with E-state index in [0.717, 1.165) is 69.7 Å². The molecule has 0 saturated carbocycles. The molecule has 0 aromatic heterocycles. The molecule has 1 fully saturated rings. The van der Waals surface area contributed by atoms with Crippen molar-refractivity contribution >= 4 is 29.9 Å². The molecule has 182 valence electrons. The van der Waals surface area contributed by atoms with E-state index in [-0.39, 0.29) is 24.0 Å². The van der Waals surface area contributed by atoms with Crippen molar-refractivity contribution in [3.05, 3.63) is 59.2 Å². The number of ether oxygens (including phenoxy) is 2. The quantitative estimate of drug-likeness (QED) is 0.276. The van der Waals surface area contributed by atoms with Crippen molar-refractivity contribution in [2.75, 3.05) is 61.0 Å². The maximum atomic E-state index is 5.38. The zero-order valence-electron chi connectivity index (χ0n) is 20.3. The molecule has 1 aliphatic heterocycles. The minimum absolute atomic E-state index is 0. The summed E-state index contributed by atoms with van der Waals surface area (Å²) in [6.45, 7) is 7.14. The number of benzene rings is 2. The Bertz CT molecular complexity index is 868. The molecule has 33 heavy (non-hydrogen) atoms. The Hall–Kier alpha value is -2.04. The molecule has 0 aliphatic carbocycles. The molecule has 0 radical (unpaired) electrons. The van der Waals surface area contributed by atoms with Crippen LogP contribution in [0.2, 0.25) is 0 Å². The van der Waals surface area contributed by atoms with Gasteiger partial charge in [0.25, 0.3) is 0 Å². The first-order valence-corrected chi connectivity index (χ1v) is 11.3. The minimum Gasteiger partial charge on any atom is -0.493 e. The number of halogens is 1. The van der Waals surface area contributed by atoms with Gasteiger partial charge in [0.1, 0.15) is 0 Å². The average Bonchev–Trinajstić information content (AvgIpc) is 2.83. The number of likely N-dealkylation sites (N-methyl/N-ethyl adjacent to an activating group) is 1.